The fraction of sp³-hybridized carbons (Fsp3) is 0.346. The molecule has 0 aliphatic carbocycles. The Balaban J connectivity index is 1.41. The zero-order valence-electron chi connectivity index (χ0n) is 18.4. The molecule has 6 heteroatoms. The number of anilines is 1. The minimum Gasteiger partial charge on any atom is -0.346 e. The van der Waals surface area contributed by atoms with Crippen LogP contribution in [0.15, 0.2) is 54.6 Å². The molecule has 0 fully saturated rings. The molecule has 3 heterocycles. The number of hydrogen-bond donors (Lipinski definition) is 0. The van der Waals surface area contributed by atoms with Gasteiger partial charge in [-0.05, 0) is 35.2 Å². The van der Waals surface area contributed by atoms with Crippen molar-refractivity contribution in [1.82, 2.24) is 14.7 Å². The molecule has 3 aromatic rings. The first-order valence-corrected chi connectivity index (χ1v) is 11.4. The van der Waals surface area contributed by atoms with Gasteiger partial charge in [0.1, 0.15) is 5.69 Å². The van der Waals surface area contributed by atoms with Crippen LogP contribution in [0.3, 0.4) is 0 Å². The largest absolute Gasteiger partial charge is 0.346 e. The maximum absolute atomic E-state index is 13.4. The normalized spacial score (nSPS) is 17.2. The first-order valence-electron chi connectivity index (χ1n) is 11.4. The number of carbonyl (C=O) groups excluding carboxylic acids is 1. The van der Waals surface area contributed by atoms with E-state index in [1.54, 1.807) is 0 Å². The summed E-state index contributed by atoms with van der Waals surface area (Å²) in [6, 6.07) is 20.3. The predicted molar refractivity (Wildman–Crippen MR) is 123 cm³/mol. The molecule has 6 nitrogen and oxygen atoms in total. The summed E-state index contributed by atoms with van der Waals surface area (Å²) in [5, 5.41) is 14.0. The van der Waals surface area contributed by atoms with Gasteiger partial charge in [0, 0.05) is 32.2 Å². The van der Waals surface area contributed by atoms with E-state index in [2.05, 4.69) is 42.2 Å². The molecule has 162 valence electrons. The minimum absolute atomic E-state index is 0.0255. The SMILES string of the molecule is CCCCC1CN(Cc2ccc(C#N)cc2)C(=O)c2cc(N3Cc4ccccc4C3)nn21. The van der Waals surface area contributed by atoms with E-state index in [1.165, 1.54) is 11.1 Å². The summed E-state index contributed by atoms with van der Waals surface area (Å²) in [7, 11) is 0. The smallest absolute Gasteiger partial charge is 0.272 e. The van der Waals surface area contributed by atoms with Gasteiger partial charge in [-0.25, -0.2) is 0 Å². The molecule has 0 bridgehead atoms. The number of nitrogens with zero attached hydrogens (tertiary/aromatic N) is 5. The number of nitriles is 1. The fourth-order valence-corrected chi connectivity index (χ4v) is 4.74. The minimum atomic E-state index is 0.0255. The lowest BCUT2D eigenvalue weighted by Gasteiger charge is -2.33. The Bertz CT molecular complexity index is 1150. The number of fused-ring (bicyclic) bond motifs is 2. The Kier molecular flexibility index (Phi) is 5.40. The van der Waals surface area contributed by atoms with Crippen molar-refractivity contribution in [3.63, 3.8) is 0 Å². The van der Waals surface area contributed by atoms with Gasteiger partial charge in [-0.3, -0.25) is 9.48 Å². The first-order chi connectivity index (χ1) is 15.7. The van der Waals surface area contributed by atoms with Crippen molar-refractivity contribution in [2.45, 2.75) is 51.9 Å². The quantitative estimate of drug-likeness (QED) is 0.576. The van der Waals surface area contributed by atoms with E-state index in [-0.39, 0.29) is 11.9 Å². The third-order valence-corrected chi connectivity index (χ3v) is 6.52. The maximum Gasteiger partial charge on any atom is 0.272 e. The van der Waals surface area contributed by atoms with Crippen LogP contribution in [0, 0.1) is 11.3 Å². The number of rotatable bonds is 6. The molecule has 2 aromatic carbocycles. The van der Waals surface area contributed by atoms with Crippen LogP contribution in [0.5, 0.6) is 0 Å². The molecular formula is C26H27N5O. The van der Waals surface area contributed by atoms with Gasteiger partial charge in [-0.15, -0.1) is 0 Å². The molecule has 0 saturated heterocycles. The average Bonchev–Trinajstić information content (AvgIpc) is 3.45. The van der Waals surface area contributed by atoms with Crippen molar-refractivity contribution >= 4 is 11.7 Å². The maximum atomic E-state index is 13.4. The van der Waals surface area contributed by atoms with E-state index < -0.39 is 0 Å². The van der Waals surface area contributed by atoms with Gasteiger partial charge in [0.05, 0.1) is 17.7 Å². The molecule has 2 aliphatic heterocycles. The van der Waals surface area contributed by atoms with Crippen LogP contribution in [0.4, 0.5) is 5.82 Å². The molecule has 32 heavy (non-hydrogen) atoms. The topological polar surface area (TPSA) is 65.2 Å². The monoisotopic (exact) mass is 425 g/mol. The fourth-order valence-electron chi connectivity index (χ4n) is 4.74. The highest BCUT2D eigenvalue weighted by molar-refractivity contribution is 5.94. The highest BCUT2D eigenvalue weighted by atomic mass is 16.2. The zero-order chi connectivity index (χ0) is 22.1. The number of aromatic nitrogens is 2. The van der Waals surface area contributed by atoms with Crippen LogP contribution in [-0.2, 0) is 19.6 Å². The summed E-state index contributed by atoms with van der Waals surface area (Å²) in [5.74, 6) is 0.906. The molecule has 1 amide bonds. The molecular weight excluding hydrogens is 398 g/mol. The van der Waals surface area contributed by atoms with Gasteiger partial charge in [0.25, 0.3) is 5.91 Å². The highest BCUT2D eigenvalue weighted by Gasteiger charge is 2.34. The van der Waals surface area contributed by atoms with Crippen molar-refractivity contribution in [2.24, 2.45) is 0 Å². The first kappa shape index (κ1) is 20.3. The Hall–Kier alpha value is -3.59. The lowest BCUT2D eigenvalue weighted by Crippen LogP contribution is -2.42. The van der Waals surface area contributed by atoms with Crippen molar-refractivity contribution in [3.8, 4) is 6.07 Å². The molecule has 1 unspecified atom stereocenters. The Morgan fingerprint density at radius 1 is 1.09 bits per heavy atom. The molecule has 1 aromatic heterocycles. The van der Waals surface area contributed by atoms with Crippen LogP contribution < -0.4 is 4.90 Å². The molecule has 0 radical (unpaired) electrons. The van der Waals surface area contributed by atoms with Crippen molar-refractivity contribution in [2.75, 3.05) is 11.4 Å². The van der Waals surface area contributed by atoms with Gasteiger partial charge in [-0.2, -0.15) is 10.4 Å². The molecule has 0 N–H and O–H groups in total. The third-order valence-electron chi connectivity index (χ3n) is 6.52. The van der Waals surface area contributed by atoms with Crippen molar-refractivity contribution in [1.29, 1.82) is 5.26 Å². The van der Waals surface area contributed by atoms with Gasteiger partial charge in [0.15, 0.2) is 5.82 Å². The number of benzene rings is 2. The van der Waals surface area contributed by atoms with Gasteiger partial charge in [-0.1, -0.05) is 56.2 Å². The standard InChI is InChI=1S/C26H27N5O/c1-2-3-8-23-18-30(15-20-11-9-19(14-27)10-12-20)26(32)24-13-25(28-31(23)24)29-16-21-6-4-5-7-22(21)17-29/h4-7,9-13,23H,2-3,8,15-18H2,1H3. The molecule has 0 saturated carbocycles. The summed E-state index contributed by atoms with van der Waals surface area (Å²) in [5.41, 5.74) is 5.00. The van der Waals surface area contributed by atoms with Crippen LogP contribution in [0.1, 0.15) is 65.0 Å². The molecule has 1 atom stereocenters. The van der Waals surface area contributed by atoms with Crippen LogP contribution >= 0.6 is 0 Å². The second-order valence-corrected chi connectivity index (χ2v) is 8.75. The number of unbranched alkanes of at least 4 members (excludes halogenated alkanes) is 1. The van der Waals surface area contributed by atoms with E-state index >= 15 is 0 Å². The van der Waals surface area contributed by atoms with Crippen molar-refractivity contribution in [3.05, 3.63) is 82.5 Å². The second kappa shape index (κ2) is 8.51. The van der Waals surface area contributed by atoms with E-state index in [4.69, 9.17) is 10.4 Å². The highest BCUT2D eigenvalue weighted by Crippen LogP contribution is 2.32. The molecule has 0 spiro atoms. The number of amides is 1. The lowest BCUT2D eigenvalue weighted by atomic mass is 10.1. The van der Waals surface area contributed by atoms with Crippen LogP contribution in [-0.4, -0.2) is 27.1 Å². The number of hydrogen-bond acceptors (Lipinski definition) is 4. The summed E-state index contributed by atoms with van der Waals surface area (Å²) in [6.45, 7) is 5.06. The van der Waals surface area contributed by atoms with E-state index in [1.807, 2.05) is 39.9 Å². The lowest BCUT2D eigenvalue weighted by molar-refractivity contribution is 0.0635. The van der Waals surface area contributed by atoms with Gasteiger partial charge >= 0.3 is 0 Å². The molecule has 2 aliphatic rings. The second-order valence-electron chi connectivity index (χ2n) is 8.75. The zero-order valence-corrected chi connectivity index (χ0v) is 18.4. The summed E-state index contributed by atoms with van der Waals surface area (Å²) in [4.78, 5) is 17.6. The Morgan fingerprint density at radius 3 is 2.47 bits per heavy atom. The van der Waals surface area contributed by atoms with Crippen molar-refractivity contribution < 1.29 is 4.79 Å². The Labute approximate surface area is 188 Å². The number of carbonyl (C=O) groups is 1. The summed E-state index contributed by atoms with van der Waals surface area (Å²) < 4.78 is 1.98. The Morgan fingerprint density at radius 2 is 1.81 bits per heavy atom. The average molecular weight is 426 g/mol. The van der Waals surface area contributed by atoms with E-state index in [9.17, 15) is 4.79 Å². The van der Waals surface area contributed by atoms with Gasteiger partial charge in [0.2, 0.25) is 0 Å². The third kappa shape index (κ3) is 3.75. The van der Waals surface area contributed by atoms with Crippen LogP contribution in [0.25, 0.3) is 0 Å². The van der Waals surface area contributed by atoms with Gasteiger partial charge < -0.3 is 9.80 Å². The predicted octanol–water partition coefficient (Wildman–Crippen LogP) is 4.66. The summed E-state index contributed by atoms with van der Waals surface area (Å²) in [6.07, 6.45) is 3.22. The summed E-state index contributed by atoms with van der Waals surface area (Å²) >= 11 is 0. The van der Waals surface area contributed by atoms with E-state index in [0.717, 1.165) is 43.7 Å². The molecule has 5 rings (SSSR count). The van der Waals surface area contributed by atoms with E-state index in [0.29, 0.717) is 24.3 Å². The van der Waals surface area contributed by atoms with Crippen LogP contribution in [0.2, 0.25) is 0 Å².